The minimum atomic E-state index is -1.66. The predicted molar refractivity (Wildman–Crippen MR) is 93.9 cm³/mol. The number of hydrogen-bond donors (Lipinski definition) is 1. The average molecular weight is 339 g/mol. The minimum absolute atomic E-state index is 0.0272. The van der Waals surface area contributed by atoms with E-state index in [9.17, 15) is 10.4 Å². The van der Waals surface area contributed by atoms with Gasteiger partial charge in [0.1, 0.15) is 19.5 Å². The molecular weight excluding hydrogens is 318 g/mol. The summed E-state index contributed by atoms with van der Waals surface area (Å²) in [6.45, 7) is 0.674. The van der Waals surface area contributed by atoms with Crippen LogP contribution in [0.1, 0.15) is 12.0 Å². The Bertz CT molecular complexity index is 713. The molecule has 0 saturated heterocycles. The zero-order valence-electron chi connectivity index (χ0n) is 14.4. The molecule has 0 heterocycles. The van der Waals surface area contributed by atoms with E-state index < -0.39 is 5.60 Å². The first kappa shape index (κ1) is 20.5. The molecule has 1 atom stereocenters. The number of benzene rings is 1. The molecule has 0 saturated carbocycles. The molecule has 0 bridgehead atoms. The van der Waals surface area contributed by atoms with Gasteiger partial charge in [-0.15, -0.1) is 0 Å². The lowest BCUT2D eigenvalue weighted by atomic mass is 9.92. The van der Waals surface area contributed by atoms with Crippen LogP contribution in [0.5, 0.6) is 0 Å². The van der Waals surface area contributed by atoms with Crippen LogP contribution in [0.3, 0.4) is 0 Å². The second-order valence-corrected chi connectivity index (χ2v) is 5.00. The van der Waals surface area contributed by atoms with Gasteiger partial charge in [-0.25, -0.2) is 0 Å². The van der Waals surface area contributed by atoms with Crippen LogP contribution in [0.4, 0.5) is 0 Å². The zero-order chi connectivity index (χ0) is 18.4. The number of hydrogen-bond acceptors (Lipinski definition) is 5. The first-order valence-electron chi connectivity index (χ1n) is 7.57. The fourth-order valence-corrected chi connectivity index (χ4v) is 1.81. The maximum Gasteiger partial charge on any atom is 0.187 e. The smallest absolute Gasteiger partial charge is 0.187 e. The summed E-state index contributed by atoms with van der Waals surface area (Å²) in [5.74, 6) is 11.3. The summed E-state index contributed by atoms with van der Waals surface area (Å²) in [7, 11) is 3.09. The molecule has 5 nitrogen and oxygen atoms in total. The number of methoxy groups -OCH3 is 2. The first-order chi connectivity index (χ1) is 12.2. The van der Waals surface area contributed by atoms with Crippen molar-refractivity contribution in [2.45, 2.75) is 12.0 Å². The number of nitrogens with zero attached hydrogens (tertiary/aromatic N) is 1. The van der Waals surface area contributed by atoms with Crippen molar-refractivity contribution in [1.29, 1.82) is 5.26 Å². The fourth-order valence-electron chi connectivity index (χ4n) is 1.81. The maximum absolute atomic E-state index is 10.5. The van der Waals surface area contributed by atoms with E-state index in [2.05, 4.69) is 23.7 Å². The van der Waals surface area contributed by atoms with Crippen molar-refractivity contribution in [3.8, 4) is 29.8 Å². The van der Waals surface area contributed by atoms with Crippen LogP contribution in [0.2, 0.25) is 0 Å². The van der Waals surface area contributed by atoms with Gasteiger partial charge in [0.05, 0.1) is 13.0 Å². The predicted octanol–water partition coefficient (Wildman–Crippen LogP) is 1.99. The SMILES string of the molecule is COCC#C/C=C(/C#CCC(O)(C#N)c1ccccc1)COCOC. The Hall–Kier alpha value is -2.59. The molecule has 0 aliphatic carbocycles. The molecule has 130 valence electrons. The van der Waals surface area contributed by atoms with Gasteiger partial charge in [0, 0.05) is 25.9 Å². The van der Waals surface area contributed by atoms with Gasteiger partial charge < -0.3 is 19.3 Å². The molecular formula is C20H21NO4. The van der Waals surface area contributed by atoms with Gasteiger partial charge in [0.15, 0.2) is 5.60 Å². The zero-order valence-corrected chi connectivity index (χ0v) is 14.4. The van der Waals surface area contributed by atoms with Crippen molar-refractivity contribution in [2.75, 3.05) is 34.2 Å². The number of ether oxygens (including phenoxy) is 3. The van der Waals surface area contributed by atoms with Crippen LogP contribution in [-0.4, -0.2) is 39.3 Å². The monoisotopic (exact) mass is 339 g/mol. The summed E-state index contributed by atoms with van der Waals surface area (Å²) in [5.41, 5.74) is -0.532. The van der Waals surface area contributed by atoms with Gasteiger partial charge in [-0.3, -0.25) is 0 Å². The van der Waals surface area contributed by atoms with Crippen molar-refractivity contribution >= 4 is 0 Å². The lowest BCUT2D eigenvalue weighted by molar-refractivity contribution is -0.0201. The van der Waals surface area contributed by atoms with Crippen LogP contribution >= 0.6 is 0 Å². The highest BCUT2D eigenvalue weighted by molar-refractivity contribution is 5.37. The molecule has 0 aromatic heterocycles. The molecule has 0 aliphatic heterocycles. The number of aliphatic hydroxyl groups is 1. The molecule has 1 aromatic carbocycles. The summed E-state index contributed by atoms with van der Waals surface area (Å²) in [4.78, 5) is 0. The Labute approximate surface area is 148 Å². The second kappa shape index (κ2) is 11.9. The maximum atomic E-state index is 10.5. The minimum Gasteiger partial charge on any atom is -0.372 e. The molecule has 1 unspecified atom stereocenters. The van der Waals surface area contributed by atoms with Crippen LogP contribution < -0.4 is 0 Å². The van der Waals surface area contributed by atoms with Crippen molar-refractivity contribution in [3.63, 3.8) is 0 Å². The average Bonchev–Trinajstić information content (AvgIpc) is 2.65. The Kier molecular flexibility index (Phi) is 9.71. The van der Waals surface area contributed by atoms with Crippen LogP contribution in [0.25, 0.3) is 0 Å². The quantitative estimate of drug-likeness (QED) is 0.356. The van der Waals surface area contributed by atoms with Gasteiger partial charge in [0.2, 0.25) is 0 Å². The third-order valence-corrected chi connectivity index (χ3v) is 3.05. The fraction of sp³-hybridized carbons (Fsp3) is 0.350. The lowest BCUT2D eigenvalue weighted by Crippen LogP contribution is -2.22. The van der Waals surface area contributed by atoms with Gasteiger partial charge >= 0.3 is 0 Å². The van der Waals surface area contributed by atoms with E-state index in [4.69, 9.17) is 14.2 Å². The number of nitriles is 1. The molecule has 0 amide bonds. The molecule has 1 N–H and O–H groups in total. The van der Waals surface area contributed by atoms with E-state index in [0.29, 0.717) is 17.7 Å². The Morgan fingerprint density at radius 3 is 2.60 bits per heavy atom. The van der Waals surface area contributed by atoms with E-state index in [1.54, 1.807) is 37.5 Å². The molecule has 0 radical (unpaired) electrons. The topological polar surface area (TPSA) is 71.7 Å². The van der Waals surface area contributed by atoms with E-state index in [1.807, 2.05) is 12.1 Å². The van der Waals surface area contributed by atoms with Crippen molar-refractivity contribution in [3.05, 3.63) is 47.5 Å². The summed E-state index contributed by atoms with van der Waals surface area (Å²) in [6.07, 6.45) is 1.59. The van der Waals surface area contributed by atoms with Crippen LogP contribution in [0, 0.1) is 35.0 Å². The second-order valence-electron chi connectivity index (χ2n) is 5.00. The number of allylic oxidation sites excluding steroid dienone is 1. The lowest BCUT2D eigenvalue weighted by Gasteiger charge is -2.17. The molecule has 25 heavy (non-hydrogen) atoms. The summed E-state index contributed by atoms with van der Waals surface area (Å²) < 4.78 is 15.0. The van der Waals surface area contributed by atoms with E-state index in [0.717, 1.165) is 0 Å². The normalized spacial score (nSPS) is 12.8. The molecule has 1 rings (SSSR count). The van der Waals surface area contributed by atoms with E-state index in [1.165, 1.54) is 7.11 Å². The Morgan fingerprint density at radius 1 is 1.20 bits per heavy atom. The molecule has 0 spiro atoms. The highest BCUT2D eigenvalue weighted by Gasteiger charge is 2.27. The standard InChI is InChI=1S/C20H21NO4/c1-23-14-7-6-9-18(15-25-17-24-2)10-8-13-20(22,16-21)19-11-4-3-5-12-19/h3-5,9,11-12,22H,13-15,17H2,1-2H3/b18-9-. The molecule has 0 fully saturated rings. The van der Waals surface area contributed by atoms with Crippen molar-refractivity contribution < 1.29 is 19.3 Å². The van der Waals surface area contributed by atoms with Crippen LogP contribution in [-0.2, 0) is 19.8 Å². The Morgan fingerprint density at radius 2 is 1.96 bits per heavy atom. The van der Waals surface area contributed by atoms with E-state index in [-0.39, 0.29) is 19.8 Å². The van der Waals surface area contributed by atoms with Crippen molar-refractivity contribution in [1.82, 2.24) is 0 Å². The highest BCUT2D eigenvalue weighted by atomic mass is 16.7. The highest BCUT2D eigenvalue weighted by Crippen LogP contribution is 2.23. The van der Waals surface area contributed by atoms with Gasteiger partial charge in [0.25, 0.3) is 0 Å². The third kappa shape index (κ3) is 7.68. The third-order valence-electron chi connectivity index (χ3n) is 3.05. The van der Waals surface area contributed by atoms with Gasteiger partial charge in [-0.05, 0) is 5.56 Å². The summed E-state index contributed by atoms with van der Waals surface area (Å²) >= 11 is 0. The number of rotatable bonds is 7. The summed E-state index contributed by atoms with van der Waals surface area (Å²) in [6, 6.07) is 10.7. The van der Waals surface area contributed by atoms with Gasteiger partial charge in [-0.1, -0.05) is 54.0 Å². The van der Waals surface area contributed by atoms with Crippen molar-refractivity contribution in [2.24, 2.45) is 0 Å². The Balaban J connectivity index is 2.86. The first-order valence-corrected chi connectivity index (χ1v) is 7.57. The van der Waals surface area contributed by atoms with Crippen LogP contribution in [0.15, 0.2) is 42.0 Å². The molecule has 1 aromatic rings. The largest absolute Gasteiger partial charge is 0.372 e. The van der Waals surface area contributed by atoms with Gasteiger partial charge in [-0.2, -0.15) is 5.26 Å². The summed E-state index contributed by atoms with van der Waals surface area (Å²) in [5, 5.41) is 19.8. The molecule has 0 aliphatic rings. The van der Waals surface area contributed by atoms with E-state index >= 15 is 0 Å². The molecule has 5 heteroatoms.